The summed E-state index contributed by atoms with van der Waals surface area (Å²) in [5.74, 6) is -2.38. The van der Waals surface area contributed by atoms with Gasteiger partial charge in [0.1, 0.15) is 18.1 Å². The van der Waals surface area contributed by atoms with Gasteiger partial charge < -0.3 is 15.4 Å². The molecule has 2 aromatic carbocycles. The molecule has 0 bridgehead atoms. The number of benzene rings is 2. The van der Waals surface area contributed by atoms with Gasteiger partial charge in [0.2, 0.25) is 0 Å². The van der Waals surface area contributed by atoms with Gasteiger partial charge in [-0.25, -0.2) is 19.2 Å². The molecule has 2 N–H and O–H groups in total. The van der Waals surface area contributed by atoms with Crippen LogP contribution in [-0.2, 0) is 24.5 Å². The molecule has 0 saturated heterocycles. The van der Waals surface area contributed by atoms with Gasteiger partial charge in [-0.15, -0.1) is 11.6 Å². The molecule has 0 aliphatic carbocycles. The van der Waals surface area contributed by atoms with Crippen molar-refractivity contribution in [3.05, 3.63) is 83.6 Å². The molecule has 0 unspecified atom stereocenters. The summed E-state index contributed by atoms with van der Waals surface area (Å²) in [5.41, 5.74) is -1.46. The van der Waals surface area contributed by atoms with Crippen LogP contribution >= 0.6 is 11.6 Å². The lowest BCUT2D eigenvalue weighted by atomic mass is 9.99. The molecule has 0 saturated carbocycles. The predicted octanol–water partition coefficient (Wildman–Crippen LogP) is 5.42. The molecule has 0 spiro atoms. The highest BCUT2D eigenvalue weighted by Crippen LogP contribution is 2.38. The van der Waals surface area contributed by atoms with Gasteiger partial charge in [-0.05, 0) is 18.2 Å². The number of anilines is 1. The van der Waals surface area contributed by atoms with E-state index in [1.165, 1.54) is 30.2 Å². The third-order valence-electron chi connectivity index (χ3n) is 5.47. The third-order valence-corrected chi connectivity index (χ3v) is 5.63. The van der Waals surface area contributed by atoms with Crippen molar-refractivity contribution in [2.75, 3.05) is 17.8 Å². The number of amides is 2. The highest BCUT2D eigenvalue weighted by atomic mass is 35.5. The summed E-state index contributed by atoms with van der Waals surface area (Å²) < 4.78 is 62.1. The highest BCUT2D eigenvalue weighted by molar-refractivity contribution is 6.18. The number of carbonyl (C=O) groups excluding carboxylic acids is 2. The van der Waals surface area contributed by atoms with E-state index in [1.807, 2.05) is 0 Å². The smallest absolute Gasteiger partial charge is 0.417 e. The summed E-state index contributed by atoms with van der Waals surface area (Å²) in [6.45, 7) is -0.0506. The maximum Gasteiger partial charge on any atom is 0.417 e. The molecule has 2 aromatic heterocycles. The van der Waals surface area contributed by atoms with Crippen LogP contribution in [0.3, 0.4) is 0 Å². The second-order valence-corrected chi connectivity index (χ2v) is 8.69. The minimum atomic E-state index is -4.89. The van der Waals surface area contributed by atoms with Gasteiger partial charge >= 0.3 is 12.3 Å². The topological polar surface area (TPSA) is 111 Å². The quantitative estimate of drug-likeness (QED) is 0.214. The van der Waals surface area contributed by atoms with Crippen LogP contribution in [0.15, 0.2) is 60.9 Å². The van der Waals surface area contributed by atoms with E-state index in [2.05, 4.69) is 25.7 Å². The van der Waals surface area contributed by atoms with Crippen LogP contribution < -0.4 is 10.6 Å². The Balaban J connectivity index is 1.68. The summed E-state index contributed by atoms with van der Waals surface area (Å²) in [6.07, 6.45) is -2.92. The number of ether oxygens (including phenoxy) is 1. The molecule has 0 aliphatic heterocycles. The number of alkyl halides is 4. The summed E-state index contributed by atoms with van der Waals surface area (Å²) in [6, 6.07) is 10.9. The Morgan fingerprint density at radius 3 is 2.52 bits per heavy atom. The minimum Gasteiger partial charge on any atom is -0.448 e. The van der Waals surface area contributed by atoms with E-state index in [4.69, 9.17) is 16.3 Å². The molecule has 4 aromatic rings. The number of halogens is 5. The Kier molecular flexibility index (Phi) is 8.63. The van der Waals surface area contributed by atoms with Gasteiger partial charge in [0, 0.05) is 24.4 Å². The first-order chi connectivity index (χ1) is 19.1. The average Bonchev–Trinajstić information content (AvgIpc) is 3.37. The van der Waals surface area contributed by atoms with Crippen molar-refractivity contribution in [3.63, 3.8) is 0 Å². The van der Waals surface area contributed by atoms with E-state index in [0.29, 0.717) is 11.3 Å². The Labute approximate surface area is 230 Å². The predicted molar refractivity (Wildman–Crippen MR) is 138 cm³/mol. The molecule has 0 aliphatic rings. The number of hydrogen-bond acceptors (Lipinski definition) is 6. The van der Waals surface area contributed by atoms with Crippen molar-refractivity contribution >= 4 is 29.4 Å². The fraction of sp³-hybridized carbons (Fsp3) is 0.192. The van der Waals surface area contributed by atoms with Crippen molar-refractivity contribution in [2.45, 2.75) is 12.7 Å². The largest absolute Gasteiger partial charge is 0.448 e. The molecule has 0 radical (unpaired) electrons. The van der Waals surface area contributed by atoms with Gasteiger partial charge in [0.05, 0.1) is 41.1 Å². The lowest BCUT2D eigenvalue weighted by Crippen LogP contribution is -2.25. The zero-order chi connectivity index (χ0) is 28.9. The van der Waals surface area contributed by atoms with Crippen LogP contribution in [0.25, 0.3) is 22.5 Å². The lowest BCUT2D eigenvalue weighted by molar-refractivity contribution is -0.137. The van der Waals surface area contributed by atoms with Crippen molar-refractivity contribution in [1.29, 1.82) is 0 Å². The molecule has 2 amide bonds. The Morgan fingerprint density at radius 2 is 1.88 bits per heavy atom. The minimum absolute atomic E-state index is 0.0157. The lowest BCUT2D eigenvalue weighted by Gasteiger charge is -2.15. The Hall–Kier alpha value is -4.52. The third kappa shape index (κ3) is 6.72. The van der Waals surface area contributed by atoms with E-state index in [9.17, 15) is 27.2 Å². The van der Waals surface area contributed by atoms with Crippen molar-refractivity contribution < 1.29 is 31.9 Å². The van der Waals surface area contributed by atoms with Gasteiger partial charge in [0.25, 0.3) is 5.91 Å². The fourth-order valence-corrected chi connectivity index (χ4v) is 3.75. The molecular weight excluding hydrogens is 556 g/mol. The Morgan fingerprint density at radius 1 is 1.12 bits per heavy atom. The Bertz CT molecular complexity index is 1530. The van der Waals surface area contributed by atoms with Gasteiger partial charge in [0.15, 0.2) is 5.82 Å². The van der Waals surface area contributed by atoms with Gasteiger partial charge in [-0.2, -0.15) is 18.3 Å². The molecule has 2 heterocycles. The van der Waals surface area contributed by atoms with E-state index in [1.54, 1.807) is 30.3 Å². The maximum atomic E-state index is 14.9. The van der Waals surface area contributed by atoms with Crippen LogP contribution in [0.4, 0.5) is 28.2 Å². The number of alkyl carbamates (subject to hydrolysis) is 1. The first-order valence-electron chi connectivity index (χ1n) is 11.7. The first kappa shape index (κ1) is 28.5. The van der Waals surface area contributed by atoms with Crippen LogP contribution in [0.5, 0.6) is 0 Å². The number of hydrogen-bond donors (Lipinski definition) is 2. The second kappa shape index (κ2) is 12.1. The number of rotatable bonds is 8. The summed E-state index contributed by atoms with van der Waals surface area (Å²) >= 11 is 5.49. The van der Waals surface area contributed by atoms with Gasteiger partial charge in [-0.3, -0.25) is 9.48 Å². The summed E-state index contributed by atoms with van der Waals surface area (Å²) in [7, 11) is 1.51. The van der Waals surface area contributed by atoms with E-state index in [0.717, 1.165) is 6.07 Å². The van der Waals surface area contributed by atoms with Crippen molar-refractivity contribution in [1.82, 2.24) is 25.1 Å². The van der Waals surface area contributed by atoms with Crippen LogP contribution in [0.1, 0.15) is 21.6 Å². The number of aromatic nitrogens is 4. The normalized spacial score (nSPS) is 11.2. The van der Waals surface area contributed by atoms with E-state index >= 15 is 0 Å². The van der Waals surface area contributed by atoms with E-state index in [-0.39, 0.29) is 42.3 Å². The first-order valence-corrected chi connectivity index (χ1v) is 12.2. The van der Waals surface area contributed by atoms with Crippen molar-refractivity contribution in [3.8, 4) is 22.5 Å². The maximum absolute atomic E-state index is 14.9. The van der Waals surface area contributed by atoms with Crippen LogP contribution in [-0.4, -0.2) is 44.2 Å². The van der Waals surface area contributed by atoms with E-state index < -0.39 is 40.7 Å². The zero-order valence-corrected chi connectivity index (χ0v) is 21.6. The van der Waals surface area contributed by atoms with Gasteiger partial charge in [-0.1, -0.05) is 30.3 Å². The number of carbonyl (C=O) groups is 2. The van der Waals surface area contributed by atoms with Crippen molar-refractivity contribution in [2.24, 2.45) is 7.05 Å². The number of nitrogens with zero attached hydrogens (tertiary/aromatic N) is 4. The number of nitrogens with one attached hydrogen (secondary N) is 2. The van der Waals surface area contributed by atoms with Crippen LogP contribution in [0, 0.1) is 5.82 Å². The van der Waals surface area contributed by atoms with Crippen LogP contribution in [0.2, 0.25) is 0 Å². The molecule has 4 rings (SSSR count). The highest BCUT2D eigenvalue weighted by Gasteiger charge is 2.36. The summed E-state index contributed by atoms with van der Waals surface area (Å²) in [4.78, 5) is 33.6. The molecule has 40 heavy (non-hydrogen) atoms. The molecule has 9 nitrogen and oxygen atoms in total. The number of aryl methyl sites for hydroxylation is 1. The molecule has 14 heteroatoms. The second-order valence-electron chi connectivity index (χ2n) is 8.31. The molecule has 0 fully saturated rings. The molecular formula is C26H21ClF4N6O3. The fourth-order valence-electron chi connectivity index (χ4n) is 3.67. The molecule has 208 valence electrons. The summed E-state index contributed by atoms with van der Waals surface area (Å²) in [5, 5.41) is 8.90. The SMILES string of the molecule is Cn1ccc(-c2cc(C(=O)Nc3ncc(CNC(=O)OCCCl)nc3-c3ccccc3)c(F)cc2C(F)(F)F)n1. The monoisotopic (exact) mass is 576 g/mol. The molecule has 0 atom stereocenters. The average molecular weight is 577 g/mol. The standard InChI is InChI=1S/C26H21ClF4N6O3/c1-37-9-7-21(36-37)17-11-18(20(28)12-19(17)26(29,30)31)24(38)35-23-22(15-5-3-2-4-6-15)34-16(13-32-23)14-33-25(39)40-10-8-27/h2-7,9,11-13H,8,10,14H2,1H3,(H,33,39)(H,32,35,38). The zero-order valence-electron chi connectivity index (χ0n) is 20.8.